The van der Waals surface area contributed by atoms with Gasteiger partial charge in [-0.05, 0) is 5.56 Å². The molecule has 1 aromatic rings. The monoisotopic (exact) mass is 190 g/mol. The van der Waals surface area contributed by atoms with Gasteiger partial charge in [0.25, 0.3) is 0 Å². The van der Waals surface area contributed by atoms with Gasteiger partial charge in [0.2, 0.25) is 0 Å². The molecule has 0 heterocycles. The Morgan fingerprint density at radius 2 is 1.75 bits per heavy atom. The maximum atomic E-state index is 10.4. The Morgan fingerprint density at radius 1 is 1.25 bits per heavy atom. The fraction of sp³-hybridized carbons (Fsp3) is 0. The third-order valence-electron chi connectivity index (χ3n) is 1.38. The minimum absolute atomic E-state index is 0. The molecule has 0 aliphatic carbocycles. The molecular formula is C9H10CaO2. The van der Waals surface area contributed by atoms with E-state index in [0.717, 1.165) is 0 Å². The molecule has 0 fully saturated rings. The average molecular weight is 190 g/mol. The zero-order valence-electron chi connectivity index (χ0n) is 5.95. The molecule has 0 bridgehead atoms. The van der Waals surface area contributed by atoms with Crippen LogP contribution in [0, 0.1) is 0 Å². The van der Waals surface area contributed by atoms with E-state index in [1.165, 1.54) is 0 Å². The van der Waals surface area contributed by atoms with Gasteiger partial charge in [-0.3, -0.25) is 0 Å². The molecule has 0 amide bonds. The van der Waals surface area contributed by atoms with Gasteiger partial charge in [0, 0.05) is 0 Å². The molecule has 0 aliphatic rings. The van der Waals surface area contributed by atoms with Crippen molar-refractivity contribution in [1.82, 2.24) is 0 Å². The van der Waals surface area contributed by atoms with Gasteiger partial charge in [-0.2, -0.15) is 0 Å². The van der Waals surface area contributed by atoms with Crippen LogP contribution in [-0.4, -0.2) is 48.8 Å². The molecule has 0 saturated carbocycles. The van der Waals surface area contributed by atoms with Crippen LogP contribution in [0.25, 0.3) is 5.57 Å². The molecule has 12 heavy (non-hydrogen) atoms. The van der Waals surface area contributed by atoms with Crippen molar-refractivity contribution in [2.75, 3.05) is 0 Å². The average Bonchev–Trinajstić information content (AvgIpc) is 2.05. The van der Waals surface area contributed by atoms with Crippen LogP contribution >= 0.6 is 0 Å². The number of hydrogen-bond acceptors (Lipinski definition) is 1. The molecule has 1 rings (SSSR count). The summed E-state index contributed by atoms with van der Waals surface area (Å²) < 4.78 is 0. The van der Waals surface area contributed by atoms with Gasteiger partial charge in [0.05, 0.1) is 5.57 Å². The normalized spacial score (nSPS) is 8.33. The number of aliphatic carboxylic acids is 1. The number of carboxylic acid groups (broad SMARTS) is 1. The van der Waals surface area contributed by atoms with E-state index in [4.69, 9.17) is 5.11 Å². The molecule has 1 N–H and O–H groups in total. The van der Waals surface area contributed by atoms with Crippen molar-refractivity contribution in [1.29, 1.82) is 0 Å². The zero-order chi connectivity index (χ0) is 8.27. The second-order valence-electron chi connectivity index (χ2n) is 2.15. The minimum atomic E-state index is -0.976. The second kappa shape index (κ2) is 5.36. The van der Waals surface area contributed by atoms with Gasteiger partial charge in [-0.1, -0.05) is 36.9 Å². The third-order valence-corrected chi connectivity index (χ3v) is 1.38. The Balaban J connectivity index is 0.00000121. The summed E-state index contributed by atoms with van der Waals surface area (Å²) in [5, 5.41) is 8.54. The third kappa shape index (κ3) is 2.97. The molecule has 0 saturated heterocycles. The molecule has 0 spiro atoms. The predicted octanol–water partition coefficient (Wildman–Crippen LogP) is 0.868. The molecule has 0 unspecified atom stereocenters. The predicted molar refractivity (Wildman–Crippen MR) is 51.7 cm³/mol. The fourth-order valence-corrected chi connectivity index (χ4v) is 0.763. The summed E-state index contributed by atoms with van der Waals surface area (Å²) in [7, 11) is 0. The number of rotatable bonds is 2. The summed E-state index contributed by atoms with van der Waals surface area (Å²) in [5.74, 6) is -0.976. The topological polar surface area (TPSA) is 37.3 Å². The van der Waals surface area contributed by atoms with Crippen molar-refractivity contribution in [3.8, 4) is 0 Å². The van der Waals surface area contributed by atoms with Crippen LogP contribution < -0.4 is 0 Å². The Kier molecular flexibility index (Phi) is 5.22. The molecular weight excluding hydrogens is 180 g/mol. The van der Waals surface area contributed by atoms with E-state index in [0.29, 0.717) is 5.56 Å². The van der Waals surface area contributed by atoms with Gasteiger partial charge in [-0.15, -0.1) is 0 Å². The van der Waals surface area contributed by atoms with Crippen LogP contribution in [0.3, 0.4) is 0 Å². The van der Waals surface area contributed by atoms with Crippen molar-refractivity contribution in [2.24, 2.45) is 0 Å². The van der Waals surface area contributed by atoms with Crippen LogP contribution in [-0.2, 0) is 4.79 Å². The van der Waals surface area contributed by atoms with Crippen LogP contribution in [0.5, 0.6) is 0 Å². The van der Waals surface area contributed by atoms with E-state index in [-0.39, 0.29) is 43.3 Å². The summed E-state index contributed by atoms with van der Waals surface area (Å²) in [6.07, 6.45) is 0. The van der Waals surface area contributed by atoms with Crippen LogP contribution in [0.4, 0.5) is 0 Å². The molecule has 3 heteroatoms. The van der Waals surface area contributed by atoms with Gasteiger partial charge in [0.15, 0.2) is 0 Å². The molecule has 0 aliphatic heterocycles. The summed E-state index contributed by atoms with van der Waals surface area (Å²) in [6, 6.07) is 8.83. The summed E-state index contributed by atoms with van der Waals surface area (Å²) in [4.78, 5) is 10.4. The van der Waals surface area contributed by atoms with Crippen molar-refractivity contribution >= 4 is 49.3 Å². The zero-order valence-corrected chi connectivity index (χ0v) is 5.95. The number of carboxylic acids is 1. The molecule has 2 nitrogen and oxygen atoms in total. The molecule has 1 aromatic carbocycles. The molecule has 0 radical (unpaired) electrons. The van der Waals surface area contributed by atoms with Gasteiger partial charge < -0.3 is 5.11 Å². The van der Waals surface area contributed by atoms with Gasteiger partial charge >= 0.3 is 43.7 Å². The Labute approximate surface area is 101 Å². The van der Waals surface area contributed by atoms with Gasteiger partial charge in [-0.25, -0.2) is 4.79 Å². The number of carbonyl (C=O) groups is 1. The van der Waals surface area contributed by atoms with Crippen molar-refractivity contribution in [2.45, 2.75) is 0 Å². The van der Waals surface area contributed by atoms with Crippen molar-refractivity contribution < 1.29 is 9.90 Å². The number of hydrogen-bond donors (Lipinski definition) is 1. The van der Waals surface area contributed by atoms with E-state index in [1.807, 2.05) is 6.07 Å². The van der Waals surface area contributed by atoms with Crippen molar-refractivity contribution in [3.05, 3.63) is 42.5 Å². The Bertz CT molecular complexity index is 280. The summed E-state index contributed by atoms with van der Waals surface area (Å²) in [6.45, 7) is 3.42. The van der Waals surface area contributed by atoms with E-state index in [1.54, 1.807) is 24.3 Å². The molecule has 0 aromatic heterocycles. The summed E-state index contributed by atoms with van der Waals surface area (Å²) in [5.41, 5.74) is 0.783. The second-order valence-corrected chi connectivity index (χ2v) is 2.15. The Morgan fingerprint density at radius 3 is 2.17 bits per heavy atom. The quantitative estimate of drug-likeness (QED) is 0.555. The molecule has 60 valence electrons. The standard InChI is InChI=1S/C9H8O2.Ca.2H/c1-7(9(10)11)8-5-3-2-4-6-8;;;/h2-6H,1H2,(H,10,11);;;. The van der Waals surface area contributed by atoms with E-state index < -0.39 is 5.97 Å². The van der Waals surface area contributed by atoms with E-state index >= 15 is 0 Å². The SMILES string of the molecule is C=C(C(=O)O)c1ccccc1.[CaH2]. The molecule has 0 atom stereocenters. The first-order chi connectivity index (χ1) is 5.22. The Hall–Kier alpha value is -0.310. The first kappa shape index (κ1) is 11.7. The number of benzene rings is 1. The van der Waals surface area contributed by atoms with E-state index in [2.05, 4.69) is 6.58 Å². The van der Waals surface area contributed by atoms with Crippen LogP contribution in [0.2, 0.25) is 0 Å². The van der Waals surface area contributed by atoms with Crippen molar-refractivity contribution in [3.63, 3.8) is 0 Å². The maximum absolute atomic E-state index is 10.4. The summed E-state index contributed by atoms with van der Waals surface area (Å²) >= 11 is 0. The first-order valence-electron chi connectivity index (χ1n) is 3.19. The first-order valence-corrected chi connectivity index (χ1v) is 3.19. The van der Waals surface area contributed by atoms with Crippen LogP contribution in [0.1, 0.15) is 5.56 Å². The van der Waals surface area contributed by atoms with E-state index in [9.17, 15) is 4.79 Å². The van der Waals surface area contributed by atoms with Crippen LogP contribution in [0.15, 0.2) is 36.9 Å². The van der Waals surface area contributed by atoms with Gasteiger partial charge in [0.1, 0.15) is 0 Å². The fourth-order valence-electron chi connectivity index (χ4n) is 0.763.